The number of aryl methyl sites for hydroxylation is 2. The quantitative estimate of drug-likeness (QED) is 0.0450. The molecule has 0 heterocycles. The normalized spacial score (nSPS) is 12.9. The fourth-order valence-corrected chi connectivity index (χ4v) is 7.21. The second kappa shape index (κ2) is 17.8. The third-order valence-corrected chi connectivity index (χ3v) is 10.6. The van der Waals surface area contributed by atoms with E-state index < -0.39 is 28.1 Å². The van der Waals surface area contributed by atoms with Crippen LogP contribution in [0.2, 0.25) is 0 Å². The number of sulfonamides is 1. The van der Waals surface area contributed by atoms with Crippen LogP contribution in [0, 0.1) is 13.8 Å². The summed E-state index contributed by atoms with van der Waals surface area (Å²) in [4.78, 5) is 30.8. The first kappa shape index (κ1) is 38.6. The van der Waals surface area contributed by atoms with Gasteiger partial charge in [-0.3, -0.25) is 4.99 Å². The minimum Gasteiger partial charge on any atom is -0.489 e. The Labute approximate surface area is 321 Å². The first-order chi connectivity index (χ1) is 26.6. The fraction of sp³-hybridized carbons (Fsp3) is 0.233. The molecular formula is C43H44N4O7S. The Morgan fingerprint density at radius 2 is 1.31 bits per heavy atom. The number of hydrogen-bond acceptors (Lipinski definition) is 8. The second-order valence-electron chi connectivity index (χ2n) is 13.4. The molecule has 0 unspecified atom stereocenters. The molecule has 4 N–H and O–H groups in total. The zero-order chi connectivity index (χ0) is 38.8. The van der Waals surface area contributed by atoms with Gasteiger partial charge in [-0.05, 0) is 84.3 Å². The van der Waals surface area contributed by atoms with E-state index in [0.717, 1.165) is 38.9 Å². The highest BCUT2D eigenvalue weighted by Crippen LogP contribution is 2.44. The number of carbonyl (C=O) groups is 2. The van der Waals surface area contributed by atoms with E-state index in [0.29, 0.717) is 12.4 Å². The minimum atomic E-state index is -3.93. The van der Waals surface area contributed by atoms with E-state index in [9.17, 15) is 18.0 Å². The van der Waals surface area contributed by atoms with Crippen molar-refractivity contribution < 1.29 is 32.2 Å². The standard InChI is InChI=1S/C43H44N4O7S/c1-29-13-17-31(18-14-29)26-52-33-21-19-32(20-22-33)27-53-41(48)40(12-7-25-45-42(44)47-55(50,51)34-23-15-30(2)16-24-34)46-43(49)54-28-39-37-10-5-3-8-35(37)36-9-4-6-11-38(36)39/h3-6,8-11,13-24,39-40H,7,12,25-28H2,1-2H3,(H,46,49)(H3,44,45,47)/t40-/m0/s1. The van der Waals surface area contributed by atoms with Gasteiger partial charge in [0.05, 0.1) is 4.90 Å². The van der Waals surface area contributed by atoms with Crippen LogP contribution in [0.5, 0.6) is 5.75 Å². The van der Waals surface area contributed by atoms with Crippen LogP contribution in [0.1, 0.15) is 52.1 Å². The van der Waals surface area contributed by atoms with Crippen LogP contribution in [-0.2, 0) is 37.5 Å². The number of hydrogen-bond donors (Lipinski definition) is 3. The van der Waals surface area contributed by atoms with E-state index in [-0.39, 0.29) is 49.4 Å². The molecule has 1 aliphatic rings. The summed E-state index contributed by atoms with van der Waals surface area (Å²) in [5, 5.41) is 2.68. The first-order valence-corrected chi connectivity index (χ1v) is 19.5. The Morgan fingerprint density at radius 1 is 0.745 bits per heavy atom. The first-order valence-electron chi connectivity index (χ1n) is 18.0. The molecule has 0 aromatic heterocycles. The van der Waals surface area contributed by atoms with Crippen molar-refractivity contribution in [3.05, 3.63) is 155 Å². The summed E-state index contributed by atoms with van der Waals surface area (Å²) < 4.78 is 44.9. The number of guanidine groups is 1. The third kappa shape index (κ3) is 10.3. The maximum absolute atomic E-state index is 13.4. The highest BCUT2D eigenvalue weighted by Gasteiger charge is 2.30. The van der Waals surface area contributed by atoms with Gasteiger partial charge in [-0.1, -0.05) is 108 Å². The molecule has 0 aliphatic heterocycles. The lowest BCUT2D eigenvalue weighted by atomic mass is 9.98. The largest absolute Gasteiger partial charge is 0.489 e. The smallest absolute Gasteiger partial charge is 0.407 e. The van der Waals surface area contributed by atoms with Crippen LogP contribution in [0.15, 0.2) is 131 Å². The molecule has 1 amide bonds. The number of benzene rings is 5. The third-order valence-electron chi connectivity index (χ3n) is 9.25. The summed E-state index contributed by atoms with van der Waals surface area (Å²) in [6.07, 6.45) is -0.382. The Balaban J connectivity index is 1.06. The molecule has 1 aliphatic carbocycles. The van der Waals surface area contributed by atoms with E-state index in [4.69, 9.17) is 19.9 Å². The van der Waals surface area contributed by atoms with E-state index >= 15 is 0 Å². The molecular weight excluding hydrogens is 717 g/mol. The van der Waals surface area contributed by atoms with Gasteiger partial charge >= 0.3 is 12.1 Å². The number of aliphatic imine (C=N–C) groups is 1. The van der Waals surface area contributed by atoms with E-state index in [1.807, 2.05) is 74.5 Å². The van der Waals surface area contributed by atoms with Gasteiger partial charge in [0.2, 0.25) is 5.96 Å². The topological polar surface area (TPSA) is 158 Å². The number of nitrogens with zero attached hydrogens (tertiary/aromatic N) is 1. The maximum Gasteiger partial charge on any atom is 0.407 e. The highest BCUT2D eigenvalue weighted by atomic mass is 32.2. The molecule has 0 radical (unpaired) electrons. The molecule has 5 aromatic carbocycles. The van der Waals surface area contributed by atoms with Crippen LogP contribution in [-0.4, -0.2) is 45.6 Å². The lowest BCUT2D eigenvalue weighted by Crippen LogP contribution is -2.42. The Kier molecular flexibility index (Phi) is 12.5. The predicted molar refractivity (Wildman–Crippen MR) is 211 cm³/mol. The lowest BCUT2D eigenvalue weighted by molar-refractivity contribution is -0.147. The number of nitrogens with two attached hydrogens (primary N) is 1. The number of ether oxygens (including phenoxy) is 3. The molecule has 0 spiro atoms. The molecule has 5 aromatic rings. The van der Waals surface area contributed by atoms with Crippen LogP contribution in [0.4, 0.5) is 4.79 Å². The van der Waals surface area contributed by atoms with Crippen molar-refractivity contribution in [1.29, 1.82) is 0 Å². The summed E-state index contributed by atoms with van der Waals surface area (Å²) in [7, 11) is -3.93. The number of rotatable bonds is 15. The average Bonchev–Trinajstić information content (AvgIpc) is 3.51. The summed E-state index contributed by atoms with van der Waals surface area (Å²) in [5.41, 5.74) is 14.1. The minimum absolute atomic E-state index is 0.0359. The molecule has 12 heteroatoms. The van der Waals surface area contributed by atoms with Crippen LogP contribution in [0.3, 0.4) is 0 Å². The molecule has 1 atom stereocenters. The van der Waals surface area contributed by atoms with Gasteiger partial charge in [0.1, 0.15) is 31.6 Å². The van der Waals surface area contributed by atoms with E-state index in [1.54, 1.807) is 36.4 Å². The molecule has 0 saturated carbocycles. The summed E-state index contributed by atoms with van der Waals surface area (Å²) in [6.45, 7) is 4.42. The van der Waals surface area contributed by atoms with Crippen LogP contribution in [0.25, 0.3) is 11.1 Å². The second-order valence-corrected chi connectivity index (χ2v) is 15.1. The Morgan fingerprint density at radius 3 is 1.95 bits per heavy atom. The van der Waals surface area contributed by atoms with Gasteiger partial charge in [-0.25, -0.2) is 22.7 Å². The summed E-state index contributed by atoms with van der Waals surface area (Å²) in [5.74, 6) is -0.444. The predicted octanol–water partition coefficient (Wildman–Crippen LogP) is 6.91. The van der Waals surface area contributed by atoms with E-state index in [2.05, 4.69) is 27.2 Å². The molecule has 6 rings (SSSR count). The number of fused-ring (bicyclic) bond motifs is 3. The lowest BCUT2D eigenvalue weighted by Gasteiger charge is -2.19. The highest BCUT2D eigenvalue weighted by molar-refractivity contribution is 7.90. The van der Waals surface area contributed by atoms with Crippen molar-refractivity contribution >= 4 is 28.0 Å². The molecule has 284 valence electrons. The van der Waals surface area contributed by atoms with Crippen molar-refractivity contribution in [3.63, 3.8) is 0 Å². The van der Waals surface area contributed by atoms with Crippen molar-refractivity contribution in [3.8, 4) is 16.9 Å². The average molecular weight is 761 g/mol. The summed E-state index contributed by atoms with van der Waals surface area (Å²) in [6, 6.07) is 36.6. The van der Waals surface area contributed by atoms with Gasteiger partial charge in [0.25, 0.3) is 10.0 Å². The molecule has 0 bridgehead atoms. The molecule has 0 fully saturated rings. The van der Waals surface area contributed by atoms with Crippen LogP contribution >= 0.6 is 0 Å². The number of nitrogens with one attached hydrogen (secondary N) is 2. The molecule has 11 nitrogen and oxygen atoms in total. The summed E-state index contributed by atoms with van der Waals surface area (Å²) >= 11 is 0. The molecule has 0 saturated heterocycles. The van der Waals surface area contributed by atoms with Gasteiger partial charge in [-0.2, -0.15) is 0 Å². The monoisotopic (exact) mass is 760 g/mol. The van der Waals surface area contributed by atoms with Gasteiger partial charge < -0.3 is 25.3 Å². The Hall–Kier alpha value is -6.14. The van der Waals surface area contributed by atoms with Gasteiger partial charge in [0, 0.05) is 12.5 Å². The number of esters is 1. The van der Waals surface area contributed by atoms with E-state index in [1.165, 1.54) is 17.7 Å². The maximum atomic E-state index is 13.4. The van der Waals surface area contributed by atoms with Crippen LogP contribution < -0.4 is 20.5 Å². The van der Waals surface area contributed by atoms with Crippen molar-refractivity contribution in [2.75, 3.05) is 13.2 Å². The molecule has 55 heavy (non-hydrogen) atoms. The number of amides is 1. The van der Waals surface area contributed by atoms with Gasteiger partial charge in [-0.15, -0.1) is 0 Å². The zero-order valence-electron chi connectivity index (χ0n) is 30.7. The zero-order valence-corrected chi connectivity index (χ0v) is 31.6. The number of carbonyl (C=O) groups excluding carboxylic acids is 2. The van der Waals surface area contributed by atoms with Crippen molar-refractivity contribution in [1.82, 2.24) is 10.0 Å². The SMILES string of the molecule is Cc1ccc(COc2ccc(COC(=O)[C@H](CCCN=C(N)NS(=O)(=O)c3ccc(C)cc3)NC(=O)OCC3c4ccccc4-c4ccccc43)cc2)cc1. The fourth-order valence-electron chi connectivity index (χ4n) is 6.26. The Bertz CT molecular complexity index is 2200. The van der Waals surface area contributed by atoms with Gasteiger partial charge in [0.15, 0.2) is 0 Å². The number of alkyl carbamates (subject to hydrolysis) is 1. The van der Waals surface area contributed by atoms with Crippen molar-refractivity contribution in [2.45, 2.75) is 56.8 Å². The van der Waals surface area contributed by atoms with Crippen molar-refractivity contribution in [2.24, 2.45) is 10.7 Å².